The molecule has 0 spiro atoms. The molecule has 1 aromatic carbocycles. The van der Waals surface area contributed by atoms with Gasteiger partial charge in [-0.2, -0.15) is 0 Å². The lowest BCUT2D eigenvalue weighted by Gasteiger charge is -2.03. The second-order valence-corrected chi connectivity index (χ2v) is 4.03. The number of H-pyrrole nitrogens is 1. The molecule has 0 amide bonds. The fourth-order valence-corrected chi connectivity index (χ4v) is 1.74. The van der Waals surface area contributed by atoms with Gasteiger partial charge in [-0.1, -0.05) is 12.1 Å². The number of hydrogen-bond acceptors (Lipinski definition) is 2. The largest absolute Gasteiger partial charge is 0.319 e. The number of benzene rings is 1. The first-order valence-electron chi connectivity index (χ1n) is 5.38. The molecule has 0 aliphatic heterocycles. The second-order valence-electron chi connectivity index (χ2n) is 4.03. The fraction of sp³-hybridized carbons (Fsp3) is 0.231. The number of Topliss-reactive ketones (excluding diaryl/α,β-unsaturated/α-hetero) is 1. The molecule has 0 radical (unpaired) electrons. The Bertz CT molecular complexity index is 631. The summed E-state index contributed by atoms with van der Waals surface area (Å²) >= 11 is 0. The summed E-state index contributed by atoms with van der Waals surface area (Å²) in [5.41, 5.74) is 0.395. The van der Waals surface area contributed by atoms with E-state index in [1.807, 2.05) is 0 Å². The summed E-state index contributed by atoms with van der Waals surface area (Å²) in [6.45, 7) is 1.48. The lowest BCUT2D eigenvalue weighted by molar-refractivity contribution is -0.116. The van der Waals surface area contributed by atoms with E-state index >= 15 is 0 Å². The van der Waals surface area contributed by atoms with Crippen LogP contribution in [0.25, 0.3) is 10.9 Å². The molecule has 1 heterocycles. The summed E-state index contributed by atoms with van der Waals surface area (Å²) in [7, 11) is 0. The van der Waals surface area contributed by atoms with E-state index in [0.717, 1.165) is 0 Å². The molecule has 3 nitrogen and oxygen atoms in total. The summed E-state index contributed by atoms with van der Waals surface area (Å²) in [5.74, 6) is -0.415. The highest BCUT2D eigenvalue weighted by Gasteiger charge is 2.06. The number of aryl methyl sites for hydroxylation is 1. The minimum Gasteiger partial charge on any atom is -0.319 e. The highest BCUT2D eigenvalue weighted by molar-refractivity contribution is 5.80. The van der Waals surface area contributed by atoms with E-state index < -0.39 is 5.82 Å². The lowest BCUT2D eigenvalue weighted by Crippen LogP contribution is -2.13. The Labute approximate surface area is 97.3 Å². The van der Waals surface area contributed by atoms with Crippen molar-refractivity contribution in [3.8, 4) is 0 Å². The molecule has 88 valence electrons. The average molecular weight is 233 g/mol. The van der Waals surface area contributed by atoms with Crippen LogP contribution in [0.2, 0.25) is 0 Å². The SMILES string of the molecule is CC(=O)CCc1cc2cccc(F)c2[nH]c1=O. The molecule has 0 aliphatic rings. The molecule has 0 unspecified atom stereocenters. The third kappa shape index (κ3) is 2.41. The number of ketones is 1. The van der Waals surface area contributed by atoms with E-state index in [9.17, 15) is 14.0 Å². The van der Waals surface area contributed by atoms with Gasteiger partial charge in [-0.15, -0.1) is 0 Å². The number of aromatic amines is 1. The van der Waals surface area contributed by atoms with Gasteiger partial charge in [0, 0.05) is 17.4 Å². The Balaban J connectivity index is 2.49. The number of hydrogen-bond donors (Lipinski definition) is 1. The normalized spacial score (nSPS) is 10.7. The number of aromatic nitrogens is 1. The number of nitrogens with one attached hydrogen (secondary N) is 1. The van der Waals surface area contributed by atoms with Crippen molar-refractivity contribution in [3.63, 3.8) is 0 Å². The molecule has 0 fully saturated rings. The van der Waals surface area contributed by atoms with Crippen LogP contribution in [0.1, 0.15) is 18.9 Å². The zero-order valence-electron chi connectivity index (χ0n) is 9.42. The molecular weight excluding hydrogens is 221 g/mol. The summed E-state index contributed by atoms with van der Waals surface area (Å²) in [6, 6.07) is 6.25. The van der Waals surface area contributed by atoms with Crippen LogP contribution >= 0.6 is 0 Å². The predicted octanol–water partition coefficient (Wildman–Crippen LogP) is 2.19. The van der Waals surface area contributed by atoms with E-state index in [4.69, 9.17) is 0 Å². The number of carbonyl (C=O) groups is 1. The van der Waals surface area contributed by atoms with Gasteiger partial charge in [0.05, 0.1) is 5.52 Å². The summed E-state index contributed by atoms with van der Waals surface area (Å²) in [4.78, 5) is 25.0. The van der Waals surface area contributed by atoms with Crippen molar-refractivity contribution >= 4 is 16.7 Å². The number of pyridine rings is 1. The molecule has 2 rings (SSSR count). The van der Waals surface area contributed by atoms with Gasteiger partial charge in [0.15, 0.2) is 0 Å². The first-order valence-corrected chi connectivity index (χ1v) is 5.38. The first-order chi connectivity index (χ1) is 8.08. The molecule has 0 aliphatic carbocycles. The maximum absolute atomic E-state index is 13.4. The van der Waals surface area contributed by atoms with Gasteiger partial charge >= 0.3 is 0 Å². The molecule has 0 saturated heterocycles. The average Bonchev–Trinajstić information content (AvgIpc) is 2.28. The van der Waals surface area contributed by atoms with Gasteiger partial charge in [-0.25, -0.2) is 4.39 Å². The standard InChI is InChI=1S/C13H12FNO2/c1-8(16)5-6-10-7-9-3-2-4-11(14)12(9)15-13(10)17/h2-4,7H,5-6H2,1H3,(H,15,17). The van der Waals surface area contributed by atoms with Crippen molar-refractivity contribution in [1.82, 2.24) is 4.98 Å². The minimum absolute atomic E-state index is 0.0312. The summed E-state index contributed by atoms with van der Waals surface area (Å²) < 4.78 is 13.4. The lowest BCUT2D eigenvalue weighted by atomic mass is 10.1. The Morgan fingerprint density at radius 2 is 2.18 bits per heavy atom. The molecule has 0 saturated carbocycles. The van der Waals surface area contributed by atoms with Gasteiger partial charge in [0.25, 0.3) is 5.56 Å². The van der Waals surface area contributed by atoms with Crippen LogP contribution in [0.4, 0.5) is 4.39 Å². The van der Waals surface area contributed by atoms with Crippen LogP contribution in [-0.2, 0) is 11.2 Å². The van der Waals surface area contributed by atoms with Crippen molar-refractivity contribution in [1.29, 1.82) is 0 Å². The van der Waals surface area contributed by atoms with Gasteiger partial charge in [0.1, 0.15) is 11.6 Å². The quantitative estimate of drug-likeness (QED) is 0.883. The predicted molar refractivity (Wildman–Crippen MR) is 63.5 cm³/mol. The Hall–Kier alpha value is -1.97. The van der Waals surface area contributed by atoms with Gasteiger partial charge in [0.2, 0.25) is 0 Å². The Morgan fingerprint density at radius 3 is 2.88 bits per heavy atom. The van der Waals surface area contributed by atoms with Gasteiger partial charge in [-0.05, 0) is 25.5 Å². The zero-order chi connectivity index (χ0) is 12.4. The van der Waals surface area contributed by atoms with Crippen LogP contribution in [0.3, 0.4) is 0 Å². The minimum atomic E-state index is -0.447. The third-order valence-electron chi connectivity index (χ3n) is 2.65. The molecule has 0 bridgehead atoms. The summed E-state index contributed by atoms with van der Waals surface area (Å²) in [6.07, 6.45) is 0.709. The number of carbonyl (C=O) groups excluding carboxylic acids is 1. The highest BCUT2D eigenvalue weighted by atomic mass is 19.1. The van der Waals surface area contributed by atoms with Crippen LogP contribution in [0, 0.1) is 5.82 Å². The highest BCUT2D eigenvalue weighted by Crippen LogP contribution is 2.14. The van der Waals surface area contributed by atoms with Crippen molar-refractivity contribution < 1.29 is 9.18 Å². The Kier molecular flexibility index (Phi) is 3.04. The number of rotatable bonds is 3. The molecule has 0 atom stereocenters. The van der Waals surface area contributed by atoms with Crippen molar-refractivity contribution in [2.45, 2.75) is 19.8 Å². The van der Waals surface area contributed by atoms with Crippen LogP contribution in [-0.4, -0.2) is 10.8 Å². The van der Waals surface area contributed by atoms with E-state index in [2.05, 4.69) is 4.98 Å². The Morgan fingerprint density at radius 1 is 1.41 bits per heavy atom. The monoisotopic (exact) mass is 233 g/mol. The molecular formula is C13H12FNO2. The third-order valence-corrected chi connectivity index (χ3v) is 2.65. The topological polar surface area (TPSA) is 49.9 Å². The fourth-order valence-electron chi connectivity index (χ4n) is 1.74. The van der Waals surface area contributed by atoms with E-state index in [0.29, 0.717) is 23.8 Å². The summed E-state index contributed by atoms with van der Waals surface area (Å²) in [5, 5.41) is 0.642. The van der Waals surface area contributed by atoms with E-state index in [1.54, 1.807) is 18.2 Å². The smallest absolute Gasteiger partial charge is 0.251 e. The van der Waals surface area contributed by atoms with Crippen molar-refractivity contribution in [2.75, 3.05) is 0 Å². The molecule has 1 aromatic heterocycles. The molecule has 4 heteroatoms. The number of fused-ring (bicyclic) bond motifs is 1. The van der Waals surface area contributed by atoms with Crippen LogP contribution in [0.15, 0.2) is 29.1 Å². The zero-order valence-corrected chi connectivity index (χ0v) is 9.42. The molecule has 2 aromatic rings. The maximum Gasteiger partial charge on any atom is 0.251 e. The number of halogens is 1. The van der Waals surface area contributed by atoms with Crippen molar-refractivity contribution in [2.24, 2.45) is 0 Å². The van der Waals surface area contributed by atoms with Gasteiger partial charge < -0.3 is 9.78 Å². The van der Waals surface area contributed by atoms with Crippen LogP contribution < -0.4 is 5.56 Å². The molecule has 1 N–H and O–H groups in total. The second kappa shape index (κ2) is 4.49. The number of para-hydroxylation sites is 1. The van der Waals surface area contributed by atoms with Crippen LogP contribution in [0.5, 0.6) is 0 Å². The van der Waals surface area contributed by atoms with E-state index in [-0.39, 0.29) is 16.9 Å². The van der Waals surface area contributed by atoms with E-state index in [1.165, 1.54) is 13.0 Å². The first kappa shape index (κ1) is 11.5. The maximum atomic E-state index is 13.4. The molecule has 17 heavy (non-hydrogen) atoms. The van der Waals surface area contributed by atoms with Crippen molar-refractivity contribution in [3.05, 3.63) is 46.0 Å². The van der Waals surface area contributed by atoms with Gasteiger partial charge in [-0.3, -0.25) is 4.79 Å².